The van der Waals surface area contributed by atoms with Gasteiger partial charge in [0, 0.05) is 18.1 Å². The average Bonchev–Trinajstić information content (AvgIpc) is 2.79. The highest BCUT2D eigenvalue weighted by Gasteiger charge is 2.15. The van der Waals surface area contributed by atoms with Crippen LogP contribution in [0.25, 0.3) is 0 Å². The van der Waals surface area contributed by atoms with Crippen LogP contribution in [0.15, 0.2) is 17.0 Å². The lowest BCUT2D eigenvalue weighted by Crippen LogP contribution is -2.24. The number of rotatable bonds is 4. The third-order valence-electron chi connectivity index (χ3n) is 2.84. The molecule has 100 valence electrons. The number of nitrogens with zero attached hydrogens (tertiary/aromatic N) is 3. The predicted molar refractivity (Wildman–Crippen MR) is 78.9 cm³/mol. The summed E-state index contributed by atoms with van der Waals surface area (Å²) in [4.78, 5) is 10.8. The van der Waals surface area contributed by atoms with Gasteiger partial charge in [0.25, 0.3) is 0 Å². The summed E-state index contributed by atoms with van der Waals surface area (Å²) in [6.45, 7) is 4.54. The highest BCUT2D eigenvalue weighted by molar-refractivity contribution is 7.07. The SMILES string of the molecule is Cc1cc(C)c(C(=N)N)c(N(C)Cc2cscn2)n1. The van der Waals surface area contributed by atoms with Gasteiger partial charge in [-0.2, -0.15) is 0 Å². The Morgan fingerprint density at radius 3 is 2.79 bits per heavy atom. The van der Waals surface area contributed by atoms with Gasteiger partial charge < -0.3 is 10.6 Å². The lowest BCUT2D eigenvalue weighted by atomic mass is 10.1. The monoisotopic (exact) mass is 275 g/mol. The number of hydrogen-bond donors (Lipinski definition) is 2. The molecule has 0 aliphatic heterocycles. The zero-order valence-corrected chi connectivity index (χ0v) is 12.1. The van der Waals surface area contributed by atoms with Crippen LogP contribution in [0, 0.1) is 19.3 Å². The van der Waals surface area contributed by atoms with Crippen molar-refractivity contribution in [2.75, 3.05) is 11.9 Å². The molecule has 0 aliphatic carbocycles. The Morgan fingerprint density at radius 2 is 2.21 bits per heavy atom. The van der Waals surface area contributed by atoms with Gasteiger partial charge >= 0.3 is 0 Å². The molecule has 0 fully saturated rings. The normalized spacial score (nSPS) is 10.5. The van der Waals surface area contributed by atoms with Crippen LogP contribution in [0.1, 0.15) is 22.5 Å². The van der Waals surface area contributed by atoms with E-state index in [9.17, 15) is 0 Å². The highest BCUT2D eigenvalue weighted by atomic mass is 32.1. The van der Waals surface area contributed by atoms with Gasteiger partial charge in [-0.3, -0.25) is 5.41 Å². The molecule has 0 spiro atoms. The molecular formula is C13H17N5S. The van der Waals surface area contributed by atoms with E-state index in [1.807, 2.05) is 42.8 Å². The fourth-order valence-corrected chi connectivity index (χ4v) is 2.61. The summed E-state index contributed by atoms with van der Waals surface area (Å²) in [5.74, 6) is 0.781. The number of nitrogens with one attached hydrogen (secondary N) is 1. The van der Waals surface area contributed by atoms with Gasteiger partial charge in [0.05, 0.1) is 23.3 Å². The van der Waals surface area contributed by atoms with E-state index in [2.05, 4.69) is 9.97 Å². The Hall–Kier alpha value is -1.95. The van der Waals surface area contributed by atoms with Gasteiger partial charge in [0.2, 0.25) is 0 Å². The van der Waals surface area contributed by atoms with E-state index in [1.54, 1.807) is 11.3 Å². The molecule has 0 amide bonds. The first-order valence-electron chi connectivity index (χ1n) is 5.90. The molecule has 0 bridgehead atoms. The fourth-order valence-electron chi connectivity index (χ4n) is 2.06. The van der Waals surface area contributed by atoms with Crippen LogP contribution in [-0.4, -0.2) is 22.9 Å². The first-order chi connectivity index (χ1) is 8.99. The number of amidine groups is 1. The second kappa shape index (κ2) is 5.36. The lowest BCUT2D eigenvalue weighted by Gasteiger charge is -2.21. The summed E-state index contributed by atoms with van der Waals surface area (Å²) in [6.07, 6.45) is 0. The third-order valence-corrected chi connectivity index (χ3v) is 3.47. The van der Waals surface area contributed by atoms with Crippen molar-refractivity contribution in [1.82, 2.24) is 9.97 Å². The molecule has 2 heterocycles. The Kier molecular flexibility index (Phi) is 3.80. The van der Waals surface area contributed by atoms with E-state index in [4.69, 9.17) is 11.1 Å². The molecule has 3 N–H and O–H groups in total. The van der Waals surface area contributed by atoms with Crippen molar-refractivity contribution < 1.29 is 0 Å². The van der Waals surface area contributed by atoms with Crippen LogP contribution >= 0.6 is 11.3 Å². The Balaban J connectivity index is 2.40. The van der Waals surface area contributed by atoms with Crippen LogP contribution in [0.4, 0.5) is 5.82 Å². The molecule has 6 heteroatoms. The molecule has 0 aromatic carbocycles. The minimum atomic E-state index is 0.0464. The molecule has 2 aromatic rings. The Morgan fingerprint density at radius 1 is 1.47 bits per heavy atom. The number of aryl methyl sites for hydroxylation is 2. The maximum absolute atomic E-state index is 7.73. The number of thiazole rings is 1. The standard InChI is InChI=1S/C13H17N5S/c1-8-4-9(2)17-13(11(8)12(14)15)18(3)5-10-6-19-7-16-10/h4,6-7H,5H2,1-3H3,(H3,14,15). The number of nitrogens with two attached hydrogens (primary N) is 1. The van der Waals surface area contributed by atoms with Crippen LogP contribution < -0.4 is 10.6 Å². The molecule has 0 saturated heterocycles. The van der Waals surface area contributed by atoms with E-state index >= 15 is 0 Å². The van der Waals surface area contributed by atoms with Crippen LogP contribution in [0.2, 0.25) is 0 Å². The number of hydrogen-bond acceptors (Lipinski definition) is 5. The highest BCUT2D eigenvalue weighted by Crippen LogP contribution is 2.22. The van der Waals surface area contributed by atoms with Gasteiger partial charge in [-0.05, 0) is 25.5 Å². The number of aromatic nitrogens is 2. The smallest absolute Gasteiger partial charge is 0.140 e. The minimum Gasteiger partial charge on any atom is -0.384 e. The summed E-state index contributed by atoms with van der Waals surface area (Å²) >= 11 is 1.57. The summed E-state index contributed by atoms with van der Waals surface area (Å²) in [5, 5.41) is 9.73. The summed E-state index contributed by atoms with van der Waals surface area (Å²) < 4.78 is 0. The van der Waals surface area contributed by atoms with Crippen molar-refractivity contribution in [3.05, 3.63) is 39.5 Å². The maximum Gasteiger partial charge on any atom is 0.140 e. The zero-order chi connectivity index (χ0) is 14.0. The molecular weight excluding hydrogens is 258 g/mol. The molecule has 0 aliphatic rings. The molecule has 0 saturated carbocycles. The Labute approximate surface area is 116 Å². The van der Waals surface area contributed by atoms with Gasteiger partial charge in [0.15, 0.2) is 0 Å². The van der Waals surface area contributed by atoms with Gasteiger partial charge in [-0.15, -0.1) is 11.3 Å². The second-order valence-corrected chi connectivity index (χ2v) is 5.25. The Bertz CT molecular complexity index is 591. The first kappa shape index (κ1) is 13.5. The first-order valence-corrected chi connectivity index (χ1v) is 6.84. The van der Waals surface area contributed by atoms with Gasteiger partial charge in [-0.1, -0.05) is 0 Å². The van der Waals surface area contributed by atoms with Crippen molar-refractivity contribution in [3.8, 4) is 0 Å². The molecule has 0 unspecified atom stereocenters. The van der Waals surface area contributed by atoms with E-state index in [0.29, 0.717) is 12.1 Å². The van der Waals surface area contributed by atoms with Crippen LogP contribution in [0.3, 0.4) is 0 Å². The minimum absolute atomic E-state index is 0.0464. The topological polar surface area (TPSA) is 78.9 Å². The summed E-state index contributed by atoms with van der Waals surface area (Å²) in [6, 6.07) is 1.94. The summed E-state index contributed by atoms with van der Waals surface area (Å²) in [5.41, 5.74) is 11.1. The molecule has 5 nitrogen and oxygen atoms in total. The summed E-state index contributed by atoms with van der Waals surface area (Å²) in [7, 11) is 1.94. The number of pyridine rings is 1. The molecule has 0 atom stereocenters. The number of anilines is 1. The quantitative estimate of drug-likeness (QED) is 0.661. The van der Waals surface area contributed by atoms with E-state index < -0.39 is 0 Å². The predicted octanol–water partition coefficient (Wildman–Crippen LogP) is 2.08. The van der Waals surface area contributed by atoms with E-state index in [0.717, 1.165) is 22.8 Å². The molecule has 0 radical (unpaired) electrons. The van der Waals surface area contributed by atoms with E-state index in [1.165, 1.54) is 0 Å². The van der Waals surface area contributed by atoms with Crippen molar-refractivity contribution in [2.45, 2.75) is 20.4 Å². The van der Waals surface area contributed by atoms with Crippen molar-refractivity contribution in [3.63, 3.8) is 0 Å². The van der Waals surface area contributed by atoms with Crippen molar-refractivity contribution in [2.24, 2.45) is 5.73 Å². The van der Waals surface area contributed by atoms with Crippen molar-refractivity contribution in [1.29, 1.82) is 5.41 Å². The molecule has 2 rings (SSSR count). The lowest BCUT2D eigenvalue weighted by molar-refractivity contribution is 0.865. The molecule has 19 heavy (non-hydrogen) atoms. The maximum atomic E-state index is 7.73. The van der Waals surface area contributed by atoms with Gasteiger partial charge in [0.1, 0.15) is 11.7 Å². The zero-order valence-electron chi connectivity index (χ0n) is 11.3. The third kappa shape index (κ3) is 2.90. The second-order valence-electron chi connectivity index (χ2n) is 4.53. The fraction of sp³-hybridized carbons (Fsp3) is 0.308. The van der Waals surface area contributed by atoms with Crippen LogP contribution in [0.5, 0.6) is 0 Å². The number of nitrogen functional groups attached to an aromatic ring is 1. The van der Waals surface area contributed by atoms with Gasteiger partial charge in [-0.25, -0.2) is 9.97 Å². The van der Waals surface area contributed by atoms with Crippen LogP contribution in [-0.2, 0) is 6.54 Å². The molecule has 2 aromatic heterocycles. The average molecular weight is 275 g/mol. The van der Waals surface area contributed by atoms with E-state index in [-0.39, 0.29) is 5.84 Å². The largest absolute Gasteiger partial charge is 0.384 e. The van der Waals surface area contributed by atoms with Crippen molar-refractivity contribution >= 4 is 23.0 Å².